The van der Waals surface area contributed by atoms with Gasteiger partial charge in [0.1, 0.15) is 5.82 Å². The summed E-state index contributed by atoms with van der Waals surface area (Å²) in [6.07, 6.45) is 4.17. The van der Waals surface area contributed by atoms with Gasteiger partial charge in [-0.25, -0.2) is 9.97 Å². The molecule has 0 bridgehead atoms. The Bertz CT molecular complexity index is 616. The van der Waals surface area contributed by atoms with E-state index in [9.17, 15) is 9.90 Å². The van der Waals surface area contributed by atoms with E-state index in [1.807, 2.05) is 12.1 Å². The Balaban J connectivity index is 1.76. The average Bonchev–Trinajstić information content (AvgIpc) is 2.92. The number of imidazole rings is 1. The number of rotatable bonds is 8. The molecule has 0 aliphatic rings. The fourth-order valence-corrected chi connectivity index (χ4v) is 2.31. The molecule has 0 aromatic carbocycles. The minimum Gasteiger partial charge on any atom is -0.388 e. The van der Waals surface area contributed by atoms with Crippen molar-refractivity contribution in [1.82, 2.24) is 20.3 Å². The summed E-state index contributed by atoms with van der Waals surface area (Å²) in [6.45, 7) is 6.29. The maximum atomic E-state index is 11.9. The third kappa shape index (κ3) is 5.63. The lowest BCUT2D eigenvalue weighted by molar-refractivity contribution is -0.122. The largest absolute Gasteiger partial charge is 0.388 e. The van der Waals surface area contributed by atoms with Crippen LogP contribution in [0.1, 0.15) is 45.9 Å². The molecule has 2 rings (SSSR count). The molecular weight excluding hydrogens is 292 g/mol. The van der Waals surface area contributed by atoms with Crippen LogP contribution < -0.4 is 5.32 Å². The average molecular weight is 318 g/mol. The number of aryl methyl sites for hydroxylation is 1. The minimum atomic E-state index is -0.858. The highest BCUT2D eigenvalue weighted by atomic mass is 16.3. The van der Waals surface area contributed by atoms with E-state index in [2.05, 4.69) is 34.1 Å². The van der Waals surface area contributed by atoms with E-state index in [4.69, 9.17) is 0 Å². The van der Waals surface area contributed by atoms with E-state index < -0.39 is 5.60 Å². The predicted molar refractivity (Wildman–Crippen MR) is 89.9 cm³/mol. The van der Waals surface area contributed by atoms with Crippen LogP contribution in [0.5, 0.6) is 0 Å². The van der Waals surface area contributed by atoms with Gasteiger partial charge in [-0.3, -0.25) is 4.79 Å². The molecule has 3 N–H and O–H groups in total. The maximum Gasteiger partial charge on any atom is 0.220 e. The van der Waals surface area contributed by atoms with Crippen molar-refractivity contribution in [2.45, 2.75) is 52.1 Å². The lowest BCUT2D eigenvalue weighted by atomic mass is 9.95. The molecule has 126 valence electrons. The van der Waals surface area contributed by atoms with E-state index in [1.165, 1.54) is 0 Å². The van der Waals surface area contributed by atoms with Crippen molar-refractivity contribution in [3.63, 3.8) is 0 Å². The zero-order valence-corrected chi connectivity index (χ0v) is 14.1. The summed E-state index contributed by atoms with van der Waals surface area (Å²) < 4.78 is 0. The molecule has 0 saturated heterocycles. The molecule has 0 aliphatic carbocycles. The molecule has 2 aromatic heterocycles. The van der Waals surface area contributed by atoms with Crippen LogP contribution in [-0.4, -0.2) is 38.1 Å². The molecule has 2 heterocycles. The molecule has 1 atom stereocenters. The van der Waals surface area contributed by atoms with Crippen molar-refractivity contribution < 1.29 is 9.90 Å². The lowest BCUT2D eigenvalue weighted by Gasteiger charge is -2.24. The Kier molecular flexibility index (Phi) is 5.71. The summed E-state index contributed by atoms with van der Waals surface area (Å²) in [5.41, 5.74) is 0.683. The number of carbonyl (C=O) groups is 1. The maximum absolute atomic E-state index is 11.9. The van der Waals surface area contributed by atoms with Gasteiger partial charge in [0.2, 0.25) is 5.91 Å². The minimum absolute atomic E-state index is 0.0803. The zero-order valence-electron chi connectivity index (χ0n) is 14.1. The van der Waals surface area contributed by atoms with Gasteiger partial charge in [-0.15, -0.1) is 0 Å². The zero-order chi connectivity index (χ0) is 16.9. The number of fused-ring (bicyclic) bond motifs is 1. The lowest BCUT2D eigenvalue weighted by Crippen LogP contribution is -2.40. The number of nitrogens with zero attached hydrogens (tertiary/aromatic N) is 2. The summed E-state index contributed by atoms with van der Waals surface area (Å²) in [6, 6.07) is 3.75. The first-order valence-corrected chi connectivity index (χ1v) is 8.14. The van der Waals surface area contributed by atoms with Gasteiger partial charge in [0.25, 0.3) is 0 Å². The number of aromatic amines is 1. The molecule has 2 aromatic rings. The molecule has 23 heavy (non-hydrogen) atoms. The van der Waals surface area contributed by atoms with Gasteiger partial charge >= 0.3 is 0 Å². The molecule has 6 nitrogen and oxygen atoms in total. The number of pyridine rings is 1. The van der Waals surface area contributed by atoms with Gasteiger partial charge in [0, 0.05) is 25.6 Å². The summed E-state index contributed by atoms with van der Waals surface area (Å²) in [7, 11) is 0. The normalized spacial score (nSPS) is 14.1. The second kappa shape index (κ2) is 7.55. The van der Waals surface area contributed by atoms with Crippen molar-refractivity contribution >= 4 is 17.1 Å². The molecule has 0 aliphatic heterocycles. The molecule has 0 saturated carbocycles. The van der Waals surface area contributed by atoms with Crippen molar-refractivity contribution in [3.8, 4) is 0 Å². The van der Waals surface area contributed by atoms with Crippen LogP contribution in [0.15, 0.2) is 18.3 Å². The highest BCUT2D eigenvalue weighted by molar-refractivity contribution is 5.76. The van der Waals surface area contributed by atoms with E-state index >= 15 is 0 Å². The topological polar surface area (TPSA) is 90.9 Å². The van der Waals surface area contributed by atoms with E-state index in [-0.39, 0.29) is 12.5 Å². The third-order valence-electron chi connectivity index (χ3n) is 3.82. The number of H-pyrrole nitrogens is 1. The monoisotopic (exact) mass is 318 g/mol. The number of nitrogens with one attached hydrogen (secondary N) is 2. The molecule has 1 unspecified atom stereocenters. The van der Waals surface area contributed by atoms with Gasteiger partial charge in [0.15, 0.2) is 5.65 Å². The van der Waals surface area contributed by atoms with Crippen LogP contribution >= 0.6 is 0 Å². The van der Waals surface area contributed by atoms with Crippen LogP contribution in [0.25, 0.3) is 11.2 Å². The van der Waals surface area contributed by atoms with E-state index in [0.717, 1.165) is 17.8 Å². The van der Waals surface area contributed by atoms with Gasteiger partial charge in [-0.2, -0.15) is 0 Å². The SMILES string of the molecule is CC(C)CCC(C)(O)CNC(=O)CCc1nc2ncccc2[nH]1. The van der Waals surface area contributed by atoms with Crippen molar-refractivity contribution in [2.24, 2.45) is 5.92 Å². The van der Waals surface area contributed by atoms with Crippen molar-refractivity contribution in [3.05, 3.63) is 24.2 Å². The first-order valence-electron chi connectivity index (χ1n) is 8.14. The van der Waals surface area contributed by atoms with Gasteiger partial charge in [-0.1, -0.05) is 13.8 Å². The summed E-state index contributed by atoms with van der Waals surface area (Å²) >= 11 is 0. The quantitative estimate of drug-likeness (QED) is 0.696. The second-order valence-electron chi connectivity index (χ2n) is 6.76. The fraction of sp³-hybridized carbons (Fsp3) is 0.588. The molecule has 1 amide bonds. The standard InChI is InChI=1S/C17H26N4O2/c1-12(2)8-9-17(3,23)11-19-15(22)7-6-14-20-13-5-4-10-18-16(13)21-14/h4-5,10,12,23H,6-9,11H2,1-3H3,(H,19,22)(H,18,20,21). The third-order valence-corrected chi connectivity index (χ3v) is 3.82. The second-order valence-corrected chi connectivity index (χ2v) is 6.76. The first kappa shape index (κ1) is 17.4. The Morgan fingerprint density at radius 3 is 2.96 bits per heavy atom. The summed E-state index contributed by atoms with van der Waals surface area (Å²) in [5.74, 6) is 1.21. The smallest absolute Gasteiger partial charge is 0.220 e. The van der Waals surface area contributed by atoms with Gasteiger partial charge < -0.3 is 15.4 Å². The number of carbonyl (C=O) groups excluding carboxylic acids is 1. The van der Waals surface area contributed by atoms with Crippen LogP contribution in [0.2, 0.25) is 0 Å². The molecule has 0 fully saturated rings. The number of aliphatic hydroxyl groups is 1. The fourth-order valence-electron chi connectivity index (χ4n) is 2.31. The number of hydrogen-bond acceptors (Lipinski definition) is 4. The molecule has 0 spiro atoms. The van der Waals surface area contributed by atoms with E-state index in [1.54, 1.807) is 13.1 Å². The number of amides is 1. The Labute approximate surface area is 136 Å². The Morgan fingerprint density at radius 1 is 1.48 bits per heavy atom. The van der Waals surface area contributed by atoms with E-state index in [0.29, 0.717) is 30.8 Å². The number of hydrogen-bond donors (Lipinski definition) is 3. The predicted octanol–water partition coefficient (Wildman–Crippen LogP) is 2.19. The number of aromatic nitrogens is 3. The van der Waals surface area contributed by atoms with Crippen molar-refractivity contribution in [1.29, 1.82) is 0 Å². The molecule has 6 heteroatoms. The van der Waals surface area contributed by atoms with Crippen LogP contribution in [0, 0.1) is 5.92 Å². The summed E-state index contributed by atoms with van der Waals surface area (Å²) in [4.78, 5) is 23.6. The first-order chi connectivity index (χ1) is 10.9. The highest BCUT2D eigenvalue weighted by Gasteiger charge is 2.21. The molecule has 0 radical (unpaired) electrons. The van der Waals surface area contributed by atoms with Crippen molar-refractivity contribution in [2.75, 3.05) is 6.54 Å². The summed E-state index contributed by atoms with van der Waals surface area (Å²) in [5, 5.41) is 13.1. The van der Waals surface area contributed by atoms with Crippen LogP contribution in [0.4, 0.5) is 0 Å². The Morgan fingerprint density at radius 2 is 2.26 bits per heavy atom. The Hall–Kier alpha value is -1.95. The highest BCUT2D eigenvalue weighted by Crippen LogP contribution is 2.15. The van der Waals surface area contributed by atoms with Crippen LogP contribution in [0.3, 0.4) is 0 Å². The van der Waals surface area contributed by atoms with Crippen LogP contribution in [-0.2, 0) is 11.2 Å². The van der Waals surface area contributed by atoms with Gasteiger partial charge in [-0.05, 0) is 37.8 Å². The van der Waals surface area contributed by atoms with Gasteiger partial charge in [0.05, 0.1) is 11.1 Å². The molecular formula is C17H26N4O2.